The molecule has 2 aromatic heterocycles. The highest BCUT2D eigenvalue weighted by molar-refractivity contribution is 7.89. The quantitative estimate of drug-likeness (QED) is 0.627. The molecular weight excluding hydrogens is 402 g/mol. The Hall–Kier alpha value is -2.78. The summed E-state index contributed by atoms with van der Waals surface area (Å²) in [5.41, 5.74) is 3.09. The number of carbonyl (C=O) groups excluding carboxylic acids is 1. The van der Waals surface area contributed by atoms with Crippen LogP contribution in [0.1, 0.15) is 38.4 Å². The van der Waals surface area contributed by atoms with Crippen molar-refractivity contribution in [1.29, 1.82) is 0 Å². The molecule has 2 heterocycles. The van der Waals surface area contributed by atoms with Crippen molar-refractivity contribution in [3.05, 3.63) is 47.8 Å². The molecule has 0 saturated heterocycles. The van der Waals surface area contributed by atoms with Gasteiger partial charge in [0, 0.05) is 25.4 Å². The number of anilines is 1. The molecule has 30 heavy (non-hydrogen) atoms. The molecule has 0 atom stereocenters. The first-order valence-corrected chi connectivity index (χ1v) is 11.1. The van der Waals surface area contributed by atoms with E-state index in [1.807, 2.05) is 32.2 Å². The van der Waals surface area contributed by atoms with Gasteiger partial charge in [-0.1, -0.05) is 32.9 Å². The molecule has 0 aliphatic carbocycles. The zero-order chi connectivity index (χ0) is 22.1. The van der Waals surface area contributed by atoms with Crippen molar-refractivity contribution in [3.8, 4) is 0 Å². The first-order valence-electron chi connectivity index (χ1n) is 9.67. The molecule has 2 N–H and O–H groups in total. The van der Waals surface area contributed by atoms with E-state index in [0.29, 0.717) is 5.69 Å². The lowest BCUT2D eigenvalue weighted by molar-refractivity contribution is -0.116. The van der Waals surface area contributed by atoms with Gasteiger partial charge in [-0.25, -0.2) is 18.1 Å². The lowest BCUT2D eigenvalue weighted by Crippen LogP contribution is -2.28. The van der Waals surface area contributed by atoms with Crippen LogP contribution in [0.4, 0.5) is 5.69 Å². The Labute approximate surface area is 176 Å². The molecule has 0 bridgehead atoms. The van der Waals surface area contributed by atoms with Gasteiger partial charge in [-0.05, 0) is 36.1 Å². The monoisotopic (exact) mass is 429 g/mol. The number of pyridine rings is 1. The topological polar surface area (TPSA) is 106 Å². The summed E-state index contributed by atoms with van der Waals surface area (Å²) in [7, 11) is -1.87. The van der Waals surface area contributed by atoms with E-state index in [2.05, 4.69) is 40.9 Å². The van der Waals surface area contributed by atoms with Crippen LogP contribution in [-0.4, -0.2) is 35.6 Å². The molecule has 1 amide bonds. The number of aryl methyl sites for hydroxylation is 2. The van der Waals surface area contributed by atoms with Crippen LogP contribution in [0.2, 0.25) is 0 Å². The molecule has 3 rings (SSSR count). The Bertz CT molecular complexity index is 1180. The van der Waals surface area contributed by atoms with Crippen LogP contribution in [0.15, 0.2) is 41.4 Å². The van der Waals surface area contributed by atoms with Crippen molar-refractivity contribution in [2.24, 2.45) is 7.05 Å². The van der Waals surface area contributed by atoms with Gasteiger partial charge in [-0.15, -0.1) is 0 Å². The largest absolute Gasteiger partial charge is 0.325 e. The number of rotatable bonds is 6. The number of benzene rings is 1. The third-order valence-electron chi connectivity index (χ3n) is 4.82. The zero-order valence-corrected chi connectivity index (χ0v) is 18.7. The number of aromatic nitrogens is 3. The van der Waals surface area contributed by atoms with E-state index < -0.39 is 10.0 Å². The van der Waals surface area contributed by atoms with Crippen LogP contribution in [0.3, 0.4) is 0 Å². The molecule has 0 fully saturated rings. The standard InChI is InChI=1S/C21H27N5O3S/c1-14-18-12-16(13-22-20(18)26(5)25-14)24-19(27)10-11-23-30(28,29)17-8-6-15(7-9-17)21(2,3)4/h6-9,12-13,23H,10-11H2,1-5H3,(H,24,27). The van der Waals surface area contributed by atoms with Gasteiger partial charge in [0.15, 0.2) is 5.65 Å². The summed E-state index contributed by atoms with van der Waals surface area (Å²) in [5, 5.41) is 7.90. The van der Waals surface area contributed by atoms with Gasteiger partial charge in [0.25, 0.3) is 0 Å². The van der Waals surface area contributed by atoms with Crippen LogP contribution >= 0.6 is 0 Å². The highest BCUT2D eigenvalue weighted by atomic mass is 32.2. The average Bonchev–Trinajstić information content (AvgIpc) is 2.94. The van der Waals surface area contributed by atoms with E-state index in [-0.39, 0.29) is 29.2 Å². The summed E-state index contributed by atoms with van der Waals surface area (Å²) in [6, 6.07) is 8.60. The lowest BCUT2D eigenvalue weighted by Gasteiger charge is -2.19. The Balaban J connectivity index is 1.58. The molecule has 0 aliphatic heterocycles. The van der Waals surface area contributed by atoms with Gasteiger partial charge in [0.1, 0.15) is 0 Å². The number of amides is 1. The van der Waals surface area contributed by atoms with Gasteiger partial charge in [-0.3, -0.25) is 9.48 Å². The summed E-state index contributed by atoms with van der Waals surface area (Å²) in [4.78, 5) is 16.7. The second kappa shape index (κ2) is 8.16. The smallest absolute Gasteiger partial charge is 0.240 e. The molecule has 0 radical (unpaired) electrons. The molecule has 160 valence electrons. The molecule has 3 aromatic rings. The van der Waals surface area contributed by atoms with Gasteiger partial charge in [0.2, 0.25) is 15.9 Å². The number of carbonyl (C=O) groups is 1. The molecule has 0 aliphatic rings. The third kappa shape index (κ3) is 4.85. The Morgan fingerprint density at radius 2 is 1.83 bits per heavy atom. The van der Waals surface area contributed by atoms with E-state index in [4.69, 9.17) is 0 Å². The number of nitrogens with one attached hydrogen (secondary N) is 2. The molecule has 9 heteroatoms. The fraction of sp³-hybridized carbons (Fsp3) is 0.381. The van der Waals surface area contributed by atoms with Gasteiger partial charge in [0.05, 0.1) is 22.5 Å². The number of fused-ring (bicyclic) bond motifs is 1. The molecule has 0 saturated carbocycles. The zero-order valence-electron chi connectivity index (χ0n) is 17.9. The first kappa shape index (κ1) is 21.9. The number of sulfonamides is 1. The van der Waals surface area contributed by atoms with E-state index in [1.54, 1.807) is 23.0 Å². The summed E-state index contributed by atoms with van der Waals surface area (Å²) in [6.45, 7) is 8.07. The predicted octanol–water partition coefficient (Wildman–Crippen LogP) is 2.88. The molecule has 0 spiro atoms. The van der Waals surface area contributed by atoms with E-state index >= 15 is 0 Å². The van der Waals surface area contributed by atoms with Gasteiger partial charge in [-0.2, -0.15) is 5.10 Å². The van der Waals surface area contributed by atoms with E-state index in [0.717, 1.165) is 22.3 Å². The van der Waals surface area contributed by atoms with Crippen molar-refractivity contribution in [1.82, 2.24) is 19.5 Å². The molecule has 0 unspecified atom stereocenters. The highest BCUT2D eigenvalue weighted by Crippen LogP contribution is 2.23. The highest BCUT2D eigenvalue weighted by Gasteiger charge is 2.18. The number of hydrogen-bond acceptors (Lipinski definition) is 5. The fourth-order valence-corrected chi connectivity index (χ4v) is 4.15. The normalized spacial score (nSPS) is 12.3. The van der Waals surface area contributed by atoms with Crippen LogP contribution in [0, 0.1) is 6.92 Å². The minimum Gasteiger partial charge on any atom is -0.325 e. The molecular formula is C21H27N5O3S. The minimum atomic E-state index is -3.68. The summed E-state index contributed by atoms with van der Waals surface area (Å²) < 4.78 is 29.1. The third-order valence-corrected chi connectivity index (χ3v) is 6.30. The van der Waals surface area contributed by atoms with Crippen molar-refractivity contribution < 1.29 is 13.2 Å². The first-order chi connectivity index (χ1) is 14.0. The Morgan fingerprint density at radius 3 is 2.47 bits per heavy atom. The molecule has 1 aromatic carbocycles. The van der Waals surface area contributed by atoms with Crippen LogP contribution < -0.4 is 10.0 Å². The Kier molecular flexibility index (Phi) is 5.96. The second-order valence-corrected chi connectivity index (χ2v) is 10.0. The van der Waals surface area contributed by atoms with Crippen LogP contribution in [0.25, 0.3) is 11.0 Å². The van der Waals surface area contributed by atoms with Crippen molar-refractivity contribution in [2.45, 2.75) is 44.4 Å². The van der Waals surface area contributed by atoms with E-state index in [9.17, 15) is 13.2 Å². The van der Waals surface area contributed by atoms with Crippen molar-refractivity contribution >= 4 is 32.7 Å². The maximum atomic E-state index is 12.5. The second-order valence-electron chi connectivity index (χ2n) is 8.27. The summed E-state index contributed by atoms with van der Waals surface area (Å²) >= 11 is 0. The maximum absolute atomic E-state index is 12.5. The summed E-state index contributed by atoms with van der Waals surface area (Å²) in [6.07, 6.45) is 1.56. The Morgan fingerprint density at radius 1 is 1.17 bits per heavy atom. The van der Waals surface area contributed by atoms with E-state index in [1.165, 1.54) is 0 Å². The minimum absolute atomic E-state index is 0.00319. The van der Waals surface area contributed by atoms with Gasteiger partial charge < -0.3 is 5.32 Å². The molecule has 8 nitrogen and oxygen atoms in total. The average molecular weight is 430 g/mol. The predicted molar refractivity (Wildman–Crippen MR) is 117 cm³/mol. The van der Waals surface area contributed by atoms with Crippen molar-refractivity contribution in [2.75, 3.05) is 11.9 Å². The van der Waals surface area contributed by atoms with Crippen LogP contribution in [-0.2, 0) is 27.3 Å². The van der Waals surface area contributed by atoms with Crippen LogP contribution in [0.5, 0.6) is 0 Å². The van der Waals surface area contributed by atoms with Gasteiger partial charge >= 0.3 is 0 Å². The van der Waals surface area contributed by atoms with Crippen molar-refractivity contribution in [3.63, 3.8) is 0 Å². The lowest BCUT2D eigenvalue weighted by atomic mass is 9.87. The summed E-state index contributed by atoms with van der Waals surface area (Å²) in [5.74, 6) is -0.302. The number of nitrogens with zero attached hydrogens (tertiary/aromatic N) is 3. The number of hydrogen-bond donors (Lipinski definition) is 2. The maximum Gasteiger partial charge on any atom is 0.240 e. The SMILES string of the molecule is Cc1nn(C)c2ncc(NC(=O)CCNS(=O)(=O)c3ccc(C(C)(C)C)cc3)cc12. The fourth-order valence-electron chi connectivity index (χ4n) is 3.12.